The number of rotatable bonds is 7. The summed E-state index contributed by atoms with van der Waals surface area (Å²) in [6.45, 7) is 5.96. The van der Waals surface area contributed by atoms with Crippen molar-refractivity contribution < 1.29 is 4.79 Å². The van der Waals surface area contributed by atoms with Gasteiger partial charge in [-0.1, -0.05) is 6.92 Å². The summed E-state index contributed by atoms with van der Waals surface area (Å²) in [7, 11) is 0. The lowest BCUT2D eigenvalue weighted by molar-refractivity contribution is -0.126. The molecule has 5 nitrogen and oxygen atoms in total. The summed E-state index contributed by atoms with van der Waals surface area (Å²) in [5, 5.41) is 7.35. The Morgan fingerprint density at radius 3 is 2.86 bits per heavy atom. The van der Waals surface area contributed by atoms with E-state index in [1.807, 2.05) is 35.6 Å². The Kier molecular flexibility index (Phi) is 6.57. The van der Waals surface area contributed by atoms with Crippen LogP contribution in [0.2, 0.25) is 0 Å². The first kappa shape index (κ1) is 16.4. The highest BCUT2D eigenvalue weighted by atomic mass is 32.2. The van der Waals surface area contributed by atoms with Gasteiger partial charge < -0.3 is 10.2 Å². The van der Waals surface area contributed by atoms with Gasteiger partial charge in [0.15, 0.2) is 0 Å². The topological polar surface area (TPSA) is 50.2 Å². The molecule has 0 spiro atoms. The Morgan fingerprint density at radius 2 is 2.24 bits per heavy atom. The van der Waals surface area contributed by atoms with Crippen LogP contribution in [0.15, 0.2) is 18.5 Å². The van der Waals surface area contributed by atoms with E-state index in [-0.39, 0.29) is 11.8 Å². The fraction of sp³-hybridized carbons (Fsp3) is 0.733. The van der Waals surface area contributed by atoms with Crippen LogP contribution in [0, 0.1) is 5.92 Å². The first-order valence-corrected chi connectivity index (χ1v) is 9.07. The van der Waals surface area contributed by atoms with E-state index in [0.717, 1.165) is 32.5 Å². The van der Waals surface area contributed by atoms with Crippen molar-refractivity contribution in [3.63, 3.8) is 0 Å². The Bertz CT molecular complexity index is 415. The van der Waals surface area contributed by atoms with Crippen molar-refractivity contribution >= 4 is 17.7 Å². The standard InChI is InChI=1S/C15H26N4OS/c1-13(12-19-7-3-6-16-19)15(20)17-14-4-8-18(9-5-14)10-11-21-2/h3,6-7,13-14H,4-5,8-12H2,1-2H3,(H,17,20). The van der Waals surface area contributed by atoms with Crippen LogP contribution in [-0.4, -0.2) is 58.3 Å². The van der Waals surface area contributed by atoms with Crippen LogP contribution in [-0.2, 0) is 11.3 Å². The number of thioether (sulfide) groups is 1. The van der Waals surface area contributed by atoms with Crippen LogP contribution in [0.1, 0.15) is 19.8 Å². The molecular weight excluding hydrogens is 284 g/mol. The van der Waals surface area contributed by atoms with Crippen molar-refractivity contribution in [3.8, 4) is 0 Å². The SMILES string of the molecule is CSCCN1CCC(NC(=O)C(C)Cn2cccn2)CC1. The Morgan fingerprint density at radius 1 is 1.48 bits per heavy atom. The van der Waals surface area contributed by atoms with E-state index in [9.17, 15) is 4.79 Å². The molecule has 1 aliphatic heterocycles. The lowest BCUT2D eigenvalue weighted by Crippen LogP contribution is -2.46. The maximum atomic E-state index is 12.2. The largest absolute Gasteiger partial charge is 0.353 e. The third-order valence-electron chi connectivity index (χ3n) is 4.01. The second kappa shape index (κ2) is 8.44. The molecule has 0 aromatic carbocycles. The molecule has 2 rings (SSSR count). The molecule has 1 atom stereocenters. The van der Waals surface area contributed by atoms with Crippen molar-refractivity contribution in [1.82, 2.24) is 20.0 Å². The average molecular weight is 310 g/mol. The van der Waals surface area contributed by atoms with E-state index in [4.69, 9.17) is 0 Å². The van der Waals surface area contributed by atoms with Gasteiger partial charge in [0.05, 0.1) is 12.5 Å². The van der Waals surface area contributed by atoms with Gasteiger partial charge in [0.2, 0.25) is 5.91 Å². The second-order valence-electron chi connectivity index (χ2n) is 5.75. The van der Waals surface area contributed by atoms with Crippen molar-refractivity contribution in [2.75, 3.05) is 31.6 Å². The maximum Gasteiger partial charge on any atom is 0.224 e. The molecule has 118 valence electrons. The van der Waals surface area contributed by atoms with Gasteiger partial charge in [-0.15, -0.1) is 0 Å². The molecule has 1 unspecified atom stereocenters. The fourth-order valence-electron chi connectivity index (χ4n) is 2.64. The van der Waals surface area contributed by atoms with E-state index in [1.54, 1.807) is 6.20 Å². The van der Waals surface area contributed by atoms with Gasteiger partial charge in [0.1, 0.15) is 0 Å². The lowest BCUT2D eigenvalue weighted by Gasteiger charge is -2.32. The van der Waals surface area contributed by atoms with Gasteiger partial charge in [0, 0.05) is 43.8 Å². The zero-order chi connectivity index (χ0) is 15.1. The number of likely N-dealkylation sites (tertiary alicyclic amines) is 1. The molecule has 0 radical (unpaired) electrons. The predicted octanol–water partition coefficient (Wildman–Crippen LogP) is 1.46. The highest BCUT2D eigenvalue weighted by Gasteiger charge is 2.22. The molecule has 1 fully saturated rings. The van der Waals surface area contributed by atoms with Gasteiger partial charge in [0.25, 0.3) is 0 Å². The molecular formula is C15H26N4OS. The summed E-state index contributed by atoms with van der Waals surface area (Å²) < 4.78 is 1.81. The summed E-state index contributed by atoms with van der Waals surface area (Å²) in [5.41, 5.74) is 0. The fourth-order valence-corrected chi connectivity index (χ4v) is 3.08. The molecule has 1 aromatic rings. The van der Waals surface area contributed by atoms with E-state index >= 15 is 0 Å². The van der Waals surface area contributed by atoms with Crippen LogP contribution < -0.4 is 5.32 Å². The molecule has 0 saturated carbocycles. The number of amides is 1. The molecule has 0 bridgehead atoms. The minimum absolute atomic E-state index is 0.0422. The number of carbonyl (C=O) groups is 1. The van der Waals surface area contributed by atoms with Crippen LogP contribution in [0.25, 0.3) is 0 Å². The van der Waals surface area contributed by atoms with Crippen molar-refractivity contribution in [2.24, 2.45) is 5.92 Å². The number of nitrogens with zero attached hydrogens (tertiary/aromatic N) is 3. The van der Waals surface area contributed by atoms with Crippen molar-refractivity contribution in [2.45, 2.75) is 32.4 Å². The lowest BCUT2D eigenvalue weighted by atomic mass is 10.0. The minimum Gasteiger partial charge on any atom is -0.353 e. The summed E-state index contributed by atoms with van der Waals surface area (Å²) in [4.78, 5) is 14.7. The van der Waals surface area contributed by atoms with Gasteiger partial charge in [-0.25, -0.2) is 0 Å². The highest BCUT2D eigenvalue weighted by molar-refractivity contribution is 7.98. The molecule has 1 saturated heterocycles. The van der Waals surface area contributed by atoms with Crippen LogP contribution in [0.5, 0.6) is 0 Å². The Balaban J connectivity index is 1.69. The first-order chi connectivity index (χ1) is 10.2. The number of piperidine rings is 1. The Labute approximate surface area is 131 Å². The summed E-state index contributed by atoms with van der Waals surface area (Å²) in [6.07, 6.45) is 7.92. The van der Waals surface area contributed by atoms with Gasteiger partial charge in [-0.2, -0.15) is 16.9 Å². The summed E-state index contributed by atoms with van der Waals surface area (Å²) in [5.74, 6) is 1.30. The highest BCUT2D eigenvalue weighted by Crippen LogP contribution is 2.12. The van der Waals surface area contributed by atoms with E-state index in [2.05, 4.69) is 21.6 Å². The van der Waals surface area contributed by atoms with Gasteiger partial charge in [-0.3, -0.25) is 9.48 Å². The number of nitrogens with one attached hydrogen (secondary N) is 1. The molecule has 21 heavy (non-hydrogen) atoms. The van der Waals surface area contributed by atoms with Gasteiger partial charge in [-0.05, 0) is 25.2 Å². The zero-order valence-electron chi connectivity index (χ0n) is 13.0. The summed E-state index contributed by atoms with van der Waals surface area (Å²) >= 11 is 1.89. The smallest absolute Gasteiger partial charge is 0.224 e. The number of carbonyl (C=O) groups excluding carboxylic acids is 1. The van der Waals surface area contributed by atoms with Crippen LogP contribution >= 0.6 is 11.8 Å². The second-order valence-corrected chi connectivity index (χ2v) is 6.73. The number of hydrogen-bond acceptors (Lipinski definition) is 4. The normalized spacial score (nSPS) is 18.6. The quantitative estimate of drug-likeness (QED) is 0.828. The molecule has 1 aliphatic rings. The van der Waals surface area contributed by atoms with Crippen molar-refractivity contribution in [1.29, 1.82) is 0 Å². The molecule has 1 aromatic heterocycles. The van der Waals surface area contributed by atoms with Crippen LogP contribution in [0.3, 0.4) is 0 Å². The predicted molar refractivity (Wildman–Crippen MR) is 87.4 cm³/mol. The molecule has 1 N–H and O–H groups in total. The molecule has 0 aliphatic carbocycles. The third kappa shape index (κ3) is 5.36. The number of aromatic nitrogens is 2. The third-order valence-corrected chi connectivity index (χ3v) is 4.60. The van der Waals surface area contributed by atoms with Crippen LogP contribution in [0.4, 0.5) is 0 Å². The molecule has 2 heterocycles. The van der Waals surface area contributed by atoms with Crippen molar-refractivity contribution in [3.05, 3.63) is 18.5 Å². The monoisotopic (exact) mass is 310 g/mol. The Hall–Kier alpha value is -1.01. The molecule has 1 amide bonds. The zero-order valence-corrected chi connectivity index (χ0v) is 13.8. The minimum atomic E-state index is -0.0422. The van der Waals surface area contributed by atoms with Gasteiger partial charge >= 0.3 is 0 Å². The first-order valence-electron chi connectivity index (χ1n) is 7.68. The average Bonchev–Trinajstić information content (AvgIpc) is 2.99. The number of hydrogen-bond donors (Lipinski definition) is 1. The molecule has 6 heteroatoms. The van der Waals surface area contributed by atoms with E-state index < -0.39 is 0 Å². The summed E-state index contributed by atoms with van der Waals surface area (Å²) in [6, 6.07) is 2.22. The van der Waals surface area contributed by atoms with E-state index in [1.165, 1.54) is 5.75 Å². The maximum absolute atomic E-state index is 12.2. The van der Waals surface area contributed by atoms with E-state index in [0.29, 0.717) is 12.6 Å².